The first-order chi connectivity index (χ1) is 19.3. The highest BCUT2D eigenvalue weighted by atomic mass is 31.2. The number of hydrogen-bond acceptors (Lipinski definition) is 9. The first-order valence-corrected chi connectivity index (χ1v) is 14.4. The number of hydrogen-bond donors (Lipinski definition) is 2. The van der Waals surface area contributed by atoms with Gasteiger partial charge in [-0.1, -0.05) is 0 Å². The summed E-state index contributed by atoms with van der Waals surface area (Å²) in [4.78, 5) is 21.6. The number of aromatic nitrogens is 2. The number of carbonyl (C=O) groups is 1. The Labute approximate surface area is 231 Å². The molecule has 1 amide bonds. The van der Waals surface area contributed by atoms with Crippen molar-refractivity contribution < 1.29 is 32.3 Å². The van der Waals surface area contributed by atoms with Gasteiger partial charge in [0.2, 0.25) is 5.91 Å². The second-order valence-electron chi connectivity index (χ2n) is 8.38. The van der Waals surface area contributed by atoms with Crippen LogP contribution in [0, 0.1) is 5.82 Å². The van der Waals surface area contributed by atoms with Crippen LogP contribution in [0.2, 0.25) is 0 Å². The first-order valence-electron chi connectivity index (χ1n) is 12.7. The number of amides is 1. The minimum atomic E-state index is -3.59. The molecule has 2 N–H and O–H groups in total. The molecule has 0 atom stereocenters. The Balaban J connectivity index is 1.57. The van der Waals surface area contributed by atoms with Gasteiger partial charge in [-0.05, 0) is 75.4 Å². The number of carbonyl (C=O) groups excluding carboxylic acids is 1. The van der Waals surface area contributed by atoms with Crippen LogP contribution in [0.1, 0.15) is 20.8 Å². The molecular formula is C28H30FN4O6P. The summed E-state index contributed by atoms with van der Waals surface area (Å²) in [6, 6.07) is 16.3. The number of fused-ring (bicyclic) bond motifs is 1. The Morgan fingerprint density at radius 2 is 1.55 bits per heavy atom. The van der Waals surface area contributed by atoms with Gasteiger partial charge in [0.1, 0.15) is 41.4 Å². The maximum Gasteiger partial charge on any atom is 0.340 e. The third-order valence-electron chi connectivity index (χ3n) is 5.47. The molecule has 40 heavy (non-hydrogen) atoms. The highest BCUT2D eigenvalue weighted by molar-refractivity contribution is 7.54. The van der Waals surface area contributed by atoms with Crippen LogP contribution in [0.15, 0.2) is 67.0 Å². The van der Waals surface area contributed by atoms with Crippen molar-refractivity contribution in [2.75, 3.05) is 36.6 Å². The summed E-state index contributed by atoms with van der Waals surface area (Å²) in [6.45, 7) is 5.84. The molecule has 0 aliphatic carbocycles. The van der Waals surface area contributed by atoms with E-state index < -0.39 is 19.7 Å². The summed E-state index contributed by atoms with van der Waals surface area (Å²) >= 11 is 0. The minimum Gasteiger partial charge on any atom is -0.492 e. The van der Waals surface area contributed by atoms with Crippen LogP contribution in [-0.4, -0.2) is 41.9 Å². The van der Waals surface area contributed by atoms with Gasteiger partial charge >= 0.3 is 7.60 Å². The summed E-state index contributed by atoms with van der Waals surface area (Å²) in [5.41, 5.74) is 1.67. The second kappa shape index (κ2) is 13.3. The molecule has 0 aliphatic heterocycles. The molecule has 0 radical (unpaired) electrons. The molecule has 1 heterocycles. The van der Waals surface area contributed by atoms with Gasteiger partial charge in [-0.3, -0.25) is 9.36 Å². The van der Waals surface area contributed by atoms with Crippen LogP contribution in [0.25, 0.3) is 10.9 Å². The van der Waals surface area contributed by atoms with Crippen molar-refractivity contribution >= 4 is 41.6 Å². The Morgan fingerprint density at radius 3 is 2.17 bits per heavy atom. The summed E-state index contributed by atoms with van der Waals surface area (Å²) < 4.78 is 48.0. The van der Waals surface area contributed by atoms with E-state index in [9.17, 15) is 13.8 Å². The molecule has 4 aromatic rings. The Morgan fingerprint density at radius 1 is 0.900 bits per heavy atom. The van der Waals surface area contributed by atoms with E-state index in [0.29, 0.717) is 46.3 Å². The van der Waals surface area contributed by atoms with Gasteiger partial charge in [-0.2, -0.15) is 0 Å². The molecule has 0 saturated carbocycles. The van der Waals surface area contributed by atoms with E-state index in [2.05, 4.69) is 20.6 Å². The lowest BCUT2D eigenvalue weighted by Crippen LogP contribution is -2.19. The lowest BCUT2D eigenvalue weighted by atomic mass is 10.2. The average molecular weight is 569 g/mol. The molecule has 0 aliphatic rings. The molecule has 0 saturated heterocycles. The molecule has 1 aromatic heterocycles. The topological polar surface area (TPSA) is 121 Å². The van der Waals surface area contributed by atoms with Gasteiger partial charge in [0.25, 0.3) is 0 Å². The number of nitrogens with zero attached hydrogens (tertiary/aromatic N) is 2. The van der Waals surface area contributed by atoms with E-state index in [-0.39, 0.29) is 19.0 Å². The summed E-state index contributed by atoms with van der Waals surface area (Å²) in [6.07, 6.45) is 0.978. The molecule has 10 nitrogen and oxygen atoms in total. The van der Waals surface area contributed by atoms with E-state index in [4.69, 9.17) is 18.5 Å². The van der Waals surface area contributed by atoms with E-state index >= 15 is 0 Å². The predicted octanol–water partition coefficient (Wildman–Crippen LogP) is 6.91. The van der Waals surface area contributed by atoms with Crippen molar-refractivity contribution in [3.63, 3.8) is 0 Å². The third kappa shape index (κ3) is 7.53. The Bertz CT molecular complexity index is 1490. The molecule has 0 spiro atoms. The van der Waals surface area contributed by atoms with Crippen molar-refractivity contribution in [1.29, 1.82) is 0 Å². The molecule has 12 heteroatoms. The van der Waals surface area contributed by atoms with E-state index in [0.717, 1.165) is 5.69 Å². The summed E-state index contributed by atoms with van der Waals surface area (Å²) in [7, 11) is -3.59. The Hall–Kier alpha value is -4.05. The maximum absolute atomic E-state index is 13.1. The van der Waals surface area contributed by atoms with Crippen LogP contribution in [-0.2, 0) is 18.4 Å². The van der Waals surface area contributed by atoms with E-state index in [1.807, 2.05) is 19.1 Å². The molecule has 0 unspecified atom stereocenters. The van der Waals surface area contributed by atoms with Crippen molar-refractivity contribution in [2.24, 2.45) is 0 Å². The SMILES string of the molecule is CCOc1cc2ncnc(Nc3ccc(Oc4ccc(F)cc4)cc3)c2cc1NC(=O)CP(=O)(OCC)OCC. The number of nitrogens with one attached hydrogen (secondary N) is 2. The monoisotopic (exact) mass is 568 g/mol. The minimum absolute atomic E-state index is 0.149. The van der Waals surface area contributed by atoms with Crippen LogP contribution in [0.4, 0.5) is 21.6 Å². The lowest BCUT2D eigenvalue weighted by molar-refractivity contribution is -0.114. The van der Waals surface area contributed by atoms with Crippen molar-refractivity contribution in [3.05, 3.63) is 72.8 Å². The fourth-order valence-corrected chi connectivity index (χ4v) is 5.30. The average Bonchev–Trinajstić information content (AvgIpc) is 2.92. The fraction of sp³-hybridized carbons (Fsp3) is 0.250. The third-order valence-corrected chi connectivity index (χ3v) is 7.44. The predicted molar refractivity (Wildman–Crippen MR) is 151 cm³/mol. The number of halogens is 1. The molecule has 210 valence electrons. The Kier molecular flexibility index (Phi) is 9.65. The van der Waals surface area contributed by atoms with Gasteiger partial charge in [0.15, 0.2) is 0 Å². The largest absolute Gasteiger partial charge is 0.492 e. The van der Waals surface area contributed by atoms with Crippen molar-refractivity contribution in [2.45, 2.75) is 20.8 Å². The highest BCUT2D eigenvalue weighted by Gasteiger charge is 2.28. The smallest absolute Gasteiger partial charge is 0.340 e. The van der Waals surface area contributed by atoms with Crippen molar-refractivity contribution in [3.8, 4) is 17.2 Å². The van der Waals surface area contributed by atoms with Gasteiger partial charge in [0.05, 0.1) is 31.0 Å². The fourth-order valence-electron chi connectivity index (χ4n) is 3.83. The summed E-state index contributed by atoms with van der Waals surface area (Å²) in [5.74, 6) is 1.10. The second-order valence-corrected chi connectivity index (χ2v) is 10.4. The highest BCUT2D eigenvalue weighted by Crippen LogP contribution is 2.48. The number of benzene rings is 3. The van der Waals surface area contributed by atoms with Crippen LogP contribution in [0.5, 0.6) is 17.2 Å². The zero-order valence-electron chi connectivity index (χ0n) is 22.3. The number of rotatable bonds is 13. The first kappa shape index (κ1) is 28.9. The van der Waals surface area contributed by atoms with Gasteiger partial charge in [-0.25, -0.2) is 14.4 Å². The van der Waals surface area contributed by atoms with Gasteiger partial charge in [-0.15, -0.1) is 0 Å². The quantitative estimate of drug-likeness (QED) is 0.166. The number of anilines is 3. The van der Waals surface area contributed by atoms with Crippen LogP contribution >= 0.6 is 7.60 Å². The van der Waals surface area contributed by atoms with Gasteiger partial charge in [0, 0.05) is 17.1 Å². The summed E-state index contributed by atoms with van der Waals surface area (Å²) in [5, 5.41) is 6.64. The normalized spacial score (nSPS) is 11.3. The maximum atomic E-state index is 13.1. The van der Waals surface area contributed by atoms with E-state index in [1.54, 1.807) is 50.2 Å². The molecule has 0 fully saturated rings. The van der Waals surface area contributed by atoms with Gasteiger partial charge < -0.3 is 29.2 Å². The molecule has 4 rings (SSSR count). The number of ether oxygens (including phenoxy) is 2. The molecular weight excluding hydrogens is 538 g/mol. The van der Waals surface area contributed by atoms with Crippen LogP contribution in [0.3, 0.4) is 0 Å². The van der Waals surface area contributed by atoms with Crippen LogP contribution < -0.4 is 20.1 Å². The lowest BCUT2D eigenvalue weighted by Gasteiger charge is -2.18. The molecule has 0 bridgehead atoms. The van der Waals surface area contributed by atoms with Crippen molar-refractivity contribution in [1.82, 2.24) is 9.97 Å². The zero-order valence-corrected chi connectivity index (χ0v) is 23.2. The van der Waals surface area contributed by atoms with E-state index in [1.165, 1.54) is 18.5 Å². The standard InChI is InChI=1S/C28H30FN4O6P/c1-4-36-26-16-24-23(15-25(26)33-27(34)17-40(35,37-5-2)38-6-3)28(31-18-30-24)32-20-9-13-22(14-10-20)39-21-11-7-19(29)8-12-21/h7-16,18H,4-6,17H2,1-3H3,(H,33,34)(H,30,31,32). The molecule has 3 aromatic carbocycles. The zero-order chi connectivity index (χ0) is 28.5.